The van der Waals surface area contributed by atoms with Gasteiger partial charge in [-0.1, -0.05) is 13.8 Å². The third kappa shape index (κ3) is 3.83. The highest BCUT2D eigenvalue weighted by molar-refractivity contribution is 5.02. The quantitative estimate of drug-likeness (QED) is 0.586. The summed E-state index contributed by atoms with van der Waals surface area (Å²) in [6, 6.07) is 0. The van der Waals surface area contributed by atoms with Gasteiger partial charge in [0.25, 0.3) is 5.92 Å². The maximum Gasteiger partial charge on any atom is 0.456 e. The molecule has 0 heterocycles. The lowest BCUT2D eigenvalue weighted by atomic mass is 9.57. The van der Waals surface area contributed by atoms with Crippen LogP contribution in [-0.4, -0.2) is 34.9 Å². The van der Waals surface area contributed by atoms with E-state index in [1.54, 1.807) is 6.92 Å². The van der Waals surface area contributed by atoms with E-state index < -0.39 is 48.6 Å². The SMILES string of the molecule is CC1CC2CC(C)C(O)(CCC(F)(F)C(F)C(F)(F)C(F)(F)F)C(C1)C2. The van der Waals surface area contributed by atoms with E-state index in [2.05, 4.69) is 0 Å². The molecule has 2 rings (SSSR count). The molecule has 0 aromatic rings. The zero-order valence-corrected chi connectivity index (χ0v) is 14.6. The molecule has 0 spiro atoms. The van der Waals surface area contributed by atoms with Gasteiger partial charge in [-0.2, -0.15) is 22.0 Å². The van der Waals surface area contributed by atoms with Crippen LogP contribution < -0.4 is 0 Å². The maximum absolute atomic E-state index is 13.8. The van der Waals surface area contributed by atoms with E-state index in [-0.39, 0.29) is 11.8 Å². The van der Waals surface area contributed by atoms with Crippen molar-refractivity contribution >= 4 is 0 Å². The Kier molecular flexibility index (Phi) is 5.66. The lowest BCUT2D eigenvalue weighted by molar-refractivity contribution is -0.328. The third-order valence-corrected chi connectivity index (χ3v) is 6.21. The molecule has 1 nitrogen and oxygen atoms in total. The van der Waals surface area contributed by atoms with E-state index in [9.17, 15) is 40.2 Å². The van der Waals surface area contributed by atoms with Crippen molar-refractivity contribution in [3.63, 3.8) is 0 Å². The Balaban J connectivity index is 2.12. The molecular formula is C17H24F8O. The van der Waals surface area contributed by atoms with E-state index in [0.717, 1.165) is 6.42 Å². The summed E-state index contributed by atoms with van der Waals surface area (Å²) in [6.45, 7) is 3.62. The Labute approximate surface area is 147 Å². The van der Waals surface area contributed by atoms with Gasteiger partial charge in [-0.3, -0.25) is 0 Å². The summed E-state index contributed by atoms with van der Waals surface area (Å²) in [5.74, 6) is -11.2. The Morgan fingerprint density at radius 3 is 2.08 bits per heavy atom. The zero-order chi connectivity index (χ0) is 20.1. The lowest BCUT2D eigenvalue weighted by Gasteiger charge is -2.52. The van der Waals surface area contributed by atoms with E-state index in [1.165, 1.54) is 0 Å². The first-order chi connectivity index (χ1) is 11.6. The van der Waals surface area contributed by atoms with Crippen molar-refractivity contribution < 1.29 is 40.2 Å². The largest absolute Gasteiger partial charge is 0.456 e. The first-order valence-corrected chi connectivity index (χ1v) is 8.80. The average molecular weight is 396 g/mol. The smallest absolute Gasteiger partial charge is 0.389 e. The van der Waals surface area contributed by atoms with Crippen molar-refractivity contribution in [3.05, 3.63) is 0 Å². The summed E-state index contributed by atoms with van der Waals surface area (Å²) in [6.07, 6.45) is -10.7. The molecule has 0 aromatic heterocycles. The van der Waals surface area contributed by atoms with Crippen LogP contribution in [0, 0.1) is 23.7 Å². The molecule has 6 unspecified atom stereocenters. The van der Waals surface area contributed by atoms with Gasteiger partial charge in [0.15, 0.2) is 0 Å². The van der Waals surface area contributed by atoms with Crippen LogP contribution in [0.3, 0.4) is 0 Å². The van der Waals surface area contributed by atoms with Crippen LogP contribution in [0.25, 0.3) is 0 Å². The fourth-order valence-electron chi connectivity index (χ4n) is 4.81. The predicted molar refractivity (Wildman–Crippen MR) is 78.8 cm³/mol. The molecule has 1 N–H and O–H groups in total. The van der Waals surface area contributed by atoms with Gasteiger partial charge in [-0.15, -0.1) is 0 Å². The average Bonchev–Trinajstić information content (AvgIpc) is 2.49. The van der Waals surface area contributed by atoms with Crippen LogP contribution in [0.5, 0.6) is 0 Å². The van der Waals surface area contributed by atoms with Crippen molar-refractivity contribution in [1.82, 2.24) is 0 Å². The van der Waals surface area contributed by atoms with E-state index in [0.29, 0.717) is 25.2 Å². The summed E-state index contributed by atoms with van der Waals surface area (Å²) in [5.41, 5.74) is -1.61. The topological polar surface area (TPSA) is 20.2 Å². The van der Waals surface area contributed by atoms with Crippen molar-refractivity contribution in [2.45, 2.75) is 82.2 Å². The maximum atomic E-state index is 13.8. The van der Waals surface area contributed by atoms with Gasteiger partial charge >= 0.3 is 12.1 Å². The summed E-state index contributed by atoms with van der Waals surface area (Å²) in [5, 5.41) is 10.9. The predicted octanol–water partition coefficient (Wildman–Crippen LogP) is 5.76. The Hall–Kier alpha value is -0.600. The summed E-state index contributed by atoms with van der Waals surface area (Å²) >= 11 is 0. The van der Waals surface area contributed by atoms with Crippen molar-refractivity contribution in [3.8, 4) is 0 Å². The van der Waals surface area contributed by atoms with E-state index in [1.807, 2.05) is 6.92 Å². The zero-order valence-electron chi connectivity index (χ0n) is 14.6. The van der Waals surface area contributed by atoms with Crippen LogP contribution in [0.2, 0.25) is 0 Å². The third-order valence-electron chi connectivity index (χ3n) is 6.21. The first kappa shape index (κ1) is 21.7. The Bertz CT molecular complexity index is 501. The molecule has 26 heavy (non-hydrogen) atoms. The first-order valence-electron chi connectivity index (χ1n) is 8.80. The second-order valence-electron chi connectivity index (χ2n) is 8.25. The minimum absolute atomic E-state index is 0.266. The van der Waals surface area contributed by atoms with Crippen LogP contribution in [-0.2, 0) is 0 Å². The molecule has 0 aliphatic heterocycles. The summed E-state index contributed by atoms with van der Waals surface area (Å²) in [7, 11) is 0. The molecule has 154 valence electrons. The number of rotatable bonds is 5. The van der Waals surface area contributed by atoms with E-state index >= 15 is 0 Å². The fourth-order valence-corrected chi connectivity index (χ4v) is 4.81. The molecule has 0 saturated heterocycles. The summed E-state index contributed by atoms with van der Waals surface area (Å²) in [4.78, 5) is 0. The fraction of sp³-hybridized carbons (Fsp3) is 1.00. The van der Waals surface area contributed by atoms with Gasteiger partial charge in [0.1, 0.15) is 0 Å². The standard InChI is InChI=1S/C17H24F8O/c1-9-5-11-7-10(2)14(26,12(6-9)8-11)3-4-15(19,20)13(18)16(21,22)17(23,24)25/h9-13,26H,3-8H2,1-2H3. The van der Waals surface area contributed by atoms with Crippen molar-refractivity contribution in [2.24, 2.45) is 23.7 Å². The molecule has 6 atom stereocenters. The molecule has 2 fully saturated rings. The normalized spacial score (nSPS) is 37.5. The number of fused-ring (bicyclic) bond motifs is 2. The van der Waals surface area contributed by atoms with Crippen molar-refractivity contribution in [2.75, 3.05) is 0 Å². The van der Waals surface area contributed by atoms with E-state index in [4.69, 9.17) is 0 Å². The number of hydrogen-bond donors (Lipinski definition) is 1. The highest BCUT2D eigenvalue weighted by Gasteiger charge is 2.70. The number of halogens is 8. The molecular weight excluding hydrogens is 372 g/mol. The minimum atomic E-state index is -6.41. The van der Waals surface area contributed by atoms with Crippen LogP contribution in [0.4, 0.5) is 35.1 Å². The number of alkyl halides is 8. The molecule has 2 aliphatic rings. The molecule has 0 amide bonds. The second kappa shape index (κ2) is 6.78. The molecule has 2 bridgehead atoms. The Morgan fingerprint density at radius 2 is 1.54 bits per heavy atom. The van der Waals surface area contributed by atoms with Crippen LogP contribution in [0.1, 0.15) is 52.4 Å². The monoisotopic (exact) mass is 396 g/mol. The van der Waals surface area contributed by atoms with Gasteiger partial charge in [-0.05, 0) is 55.8 Å². The van der Waals surface area contributed by atoms with Gasteiger partial charge in [0, 0.05) is 6.42 Å². The Morgan fingerprint density at radius 1 is 0.962 bits per heavy atom. The molecule has 2 aliphatic carbocycles. The van der Waals surface area contributed by atoms with Crippen molar-refractivity contribution in [1.29, 1.82) is 0 Å². The molecule has 9 heteroatoms. The second-order valence-corrected chi connectivity index (χ2v) is 8.25. The molecule has 0 aromatic carbocycles. The summed E-state index contributed by atoms with van der Waals surface area (Å²) < 4.78 is 104. The highest BCUT2D eigenvalue weighted by Crippen LogP contribution is 2.53. The minimum Gasteiger partial charge on any atom is -0.389 e. The van der Waals surface area contributed by atoms with Crippen LogP contribution in [0.15, 0.2) is 0 Å². The van der Waals surface area contributed by atoms with Crippen LogP contribution >= 0.6 is 0 Å². The number of hydrogen-bond acceptors (Lipinski definition) is 1. The van der Waals surface area contributed by atoms with Gasteiger partial charge < -0.3 is 5.11 Å². The highest BCUT2D eigenvalue weighted by atomic mass is 19.4. The lowest BCUT2D eigenvalue weighted by Crippen LogP contribution is -2.55. The van der Waals surface area contributed by atoms with Gasteiger partial charge in [0.05, 0.1) is 5.60 Å². The van der Waals surface area contributed by atoms with Gasteiger partial charge in [0.2, 0.25) is 6.17 Å². The molecule has 0 radical (unpaired) electrons. The number of aliphatic hydroxyl groups is 1. The molecule has 2 saturated carbocycles. The van der Waals surface area contributed by atoms with Gasteiger partial charge in [-0.25, -0.2) is 13.2 Å².